The van der Waals surface area contributed by atoms with Crippen molar-refractivity contribution in [1.82, 2.24) is 0 Å². The van der Waals surface area contributed by atoms with E-state index in [1.165, 1.54) is 13.8 Å². The molecule has 290 valence electrons. The number of hydrogen-bond acceptors (Lipinski definition) is 10. The van der Waals surface area contributed by atoms with E-state index in [1.807, 2.05) is 0 Å². The van der Waals surface area contributed by atoms with Gasteiger partial charge in [0.2, 0.25) is 0 Å². The summed E-state index contributed by atoms with van der Waals surface area (Å²) in [7, 11) is 0.798. The number of ether oxygens (including phenoxy) is 6. The molecule has 2 heterocycles. The molecule has 0 bridgehead atoms. The summed E-state index contributed by atoms with van der Waals surface area (Å²) in [5.74, 6) is -20.8. The average Bonchev–Trinajstić information content (AvgIpc) is 2.98. The minimum atomic E-state index is -5.77. The first-order valence-electron chi connectivity index (χ1n) is 14.8. The maximum Gasteiger partial charge on any atom is 0.449 e. The number of carbonyl (C=O) groups excluding carboxylic acids is 2. The number of methoxy groups -OCH3 is 1. The third kappa shape index (κ3) is 7.50. The first-order chi connectivity index (χ1) is 21.6. The van der Waals surface area contributed by atoms with Gasteiger partial charge in [-0.05, 0) is 54.4 Å². The molecule has 2 rings (SSSR count). The first kappa shape index (κ1) is 45.0. The molecule has 10 nitrogen and oxygen atoms in total. The van der Waals surface area contributed by atoms with Crippen LogP contribution >= 0.6 is 0 Å². The highest BCUT2D eigenvalue weighted by Gasteiger charge is 2.83. The Bertz CT molecular complexity index is 1190. The number of alkyl halides is 10. The van der Waals surface area contributed by atoms with Crippen LogP contribution in [0.25, 0.3) is 0 Å². The summed E-state index contributed by atoms with van der Waals surface area (Å²) < 4.78 is 163. The van der Waals surface area contributed by atoms with Crippen molar-refractivity contribution in [2.45, 2.75) is 122 Å². The summed E-state index contributed by atoms with van der Waals surface area (Å²) in [6.45, 7) is 7.96. The summed E-state index contributed by atoms with van der Waals surface area (Å²) in [5, 5.41) is 18.9. The van der Waals surface area contributed by atoms with E-state index in [1.54, 1.807) is 27.7 Å². The van der Waals surface area contributed by atoms with Gasteiger partial charge in [-0.3, -0.25) is 9.59 Å². The van der Waals surface area contributed by atoms with Gasteiger partial charge in [-0.25, -0.2) is 0 Å². The van der Waals surface area contributed by atoms with Crippen molar-refractivity contribution in [3.63, 3.8) is 0 Å². The predicted molar refractivity (Wildman–Crippen MR) is 147 cm³/mol. The molecule has 2 N–H and O–H groups in total. The second kappa shape index (κ2) is 13.9. The van der Waals surface area contributed by atoms with Crippen LogP contribution in [-0.2, 0) is 38.0 Å². The number of aliphatic hydroxyl groups is 2. The summed E-state index contributed by atoms with van der Waals surface area (Å²) in [6.07, 6.45) is -10.8. The lowest BCUT2D eigenvalue weighted by atomic mass is 9.67. The third-order valence-corrected chi connectivity index (χ3v) is 9.56. The Labute approximate surface area is 276 Å². The van der Waals surface area contributed by atoms with Gasteiger partial charge in [0.15, 0.2) is 12.4 Å². The molecule has 0 aromatic carbocycles. The Morgan fingerprint density at radius 1 is 0.694 bits per heavy atom. The Morgan fingerprint density at radius 2 is 1.08 bits per heavy atom. The zero-order valence-electron chi connectivity index (χ0n) is 28.7. The predicted octanol–water partition coefficient (Wildman–Crippen LogP) is 5.91. The standard InChI is InChI=1S/C16H25F5O5.C13H19F5O5/c1-7-11(2,3)10(22)25-8-12(4)9-26-15(23,16(19,20)21)14(17,18)13(12,5)24-6;1-5-9(2,3)8(19)21-6-10(4)11(14,15)12(20,13(16,17)18)23-7-22-10/h23H,7-9H2,1-6H3;20H,5-7H2,1-4H3. The van der Waals surface area contributed by atoms with E-state index in [-0.39, 0.29) is 0 Å². The number of hydrogen-bond donors (Lipinski definition) is 2. The Morgan fingerprint density at radius 3 is 1.45 bits per heavy atom. The number of halogens is 10. The average molecular weight is 743 g/mol. The molecule has 0 aliphatic carbocycles. The highest BCUT2D eigenvalue weighted by atomic mass is 19.4. The van der Waals surface area contributed by atoms with Crippen LogP contribution in [-0.4, -0.2) is 103 Å². The molecule has 0 saturated carbocycles. The first-order valence-corrected chi connectivity index (χ1v) is 14.8. The lowest BCUT2D eigenvalue weighted by molar-refractivity contribution is -0.501. The molecule has 5 atom stereocenters. The maximum absolute atomic E-state index is 14.8. The van der Waals surface area contributed by atoms with Crippen molar-refractivity contribution in [2.75, 3.05) is 33.7 Å². The van der Waals surface area contributed by atoms with Crippen molar-refractivity contribution in [1.29, 1.82) is 0 Å². The summed E-state index contributed by atoms with van der Waals surface area (Å²) >= 11 is 0. The van der Waals surface area contributed by atoms with Gasteiger partial charge >= 0.3 is 47.7 Å². The van der Waals surface area contributed by atoms with Crippen LogP contribution in [0.4, 0.5) is 43.9 Å². The Balaban J connectivity index is 0.000000494. The smallest absolute Gasteiger partial charge is 0.449 e. The van der Waals surface area contributed by atoms with Gasteiger partial charge in [-0.15, -0.1) is 0 Å². The van der Waals surface area contributed by atoms with Gasteiger partial charge in [0.1, 0.15) is 18.8 Å². The second-order valence-electron chi connectivity index (χ2n) is 13.8. The van der Waals surface area contributed by atoms with Gasteiger partial charge in [0, 0.05) is 7.11 Å². The highest BCUT2D eigenvalue weighted by molar-refractivity contribution is 5.76. The fourth-order valence-corrected chi connectivity index (χ4v) is 4.29. The molecule has 0 aromatic heterocycles. The van der Waals surface area contributed by atoms with Gasteiger partial charge in [0.05, 0.1) is 22.9 Å². The van der Waals surface area contributed by atoms with E-state index in [0.29, 0.717) is 19.8 Å². The molecule has 2 aliphatic rings. The Hall–Kier alpha value is -2.00. The van der Waals surface area contributed by atoms with Crippen LogP contribution in [0.2, 0.25) is 0 Å². The topological polar surface area (TPSA) is 130 Å². The molecule has 20 heteroatoms. The van der Waals surface area contributed by atoms with E-state index >= 15 is 0 Å². The van der Waals surface area contributed by atoms with Crippen LogP contribution in [0.15, 0.2) is 0 Å². The van der Waals surface area contributed by atoms with Gasteiger partial charge in [-0.1, -0.05) is 20.8 Å². The highest BCUT2D eigenvalue weighted by Crippen LogP contribution is 2.59. The van der Waals surface area contributed by atoms with E-state index in [0.717, 1.165) is 21.0 Å². The molecule has 2 saturated heterocycles. The minimum Gasteiger partial charge on any atom is -0.464 e. The normalized spacial score (nSPS) is 33.6. The zero-order chi connectivity index (χ0) is 39.1. The zero-order valence-corrected chi connectivity index (χ0v) is 28.7. The summed E-state index contributed by atoms with van der Waals surface area (Å²) in [5.41, 5.74) is -9.50. The van der Waals surface area contributed by atoms with Gasteiger partial charge in [-0.2, -0.15) is 43.9 Å². The van der Waals surface area contributed by atoms with E-state index in [9.17, 15) is 63.7 Å². The van der Waals surface area contributed by atoms with Crippen LogP contribution in [0.5, 0.6) is 0 Å². The van der Waals surface area contributed by atoms with Crippen molar-refractivity contribution >= 4 is 11.9 Å². The van der Waals surface area contributed by atoms with E-state index in [4.69, 9.17) is 14.2 Å². The Kier molecular flexibility index (Phi) is 12.7. The lowest BCUT2D eigenvalue weighted by Crippen LogP contribution is -2.78. The SMILES string of the molecule is CCC(C)(C)C(=O)OCC1(C)COC(O)(C(F)(F)F)C(F)(F)C1(C)OC.CCC(C)(C)C(=O)OCC1(C)OCOC(O)(C(F)(F)F)C1(F)F. The molecule has 0 aromatic rings. The summed E-state index contributed by atoms with van der Waals surface area (Å²) in [6, 6.07) is 0. The fraction of sp³-hybridized carbons (Fsp3) is 0.931. The number of rotatable bonds is 9. The van der Waals surface area contributed by atoms with Crippen LogP contribution in [0, 0.1) is 16.2 Å². The lowest BCUT2D eigenvalue weighted by Gasteiger charge is -2.57. The van der Waals surface area contributed by atoms with Crippen LogP contribution < -0.4 is 0 Å². The van der Waals surface area contributed by atoms with Crippen molar-refractivity contribution in [3.8, 4) is 0 Å². The summed E-state index contributed by atoms with van der Waals surface area (Å²) in [4.78, 5) is 23.9. The van der Waals surface area contributed by atoms with Crippen molar-refractivity contribution in [3.05, 3.63) is 0 Å². The second-order valence-corrected chi connectivity index (χ2v) is 13.8. The quantitative estimate of drug-likeness (QED) is 0.217. The van der Waals surface area contributed by atoms with Gasteiger partial charge in [0.25, 0.3) is 0 Å². The van der Waals surface area contributed by atoms with E-state index in [2.05, 4.69) is 14.2 Å². The molecule has 2 fully saturated rings. The molecular weight excluding hydrogens is 698 g/mol. The number of carbonyl (C=O) groups is 2. The molecule has 0 radical (unpaired) electrons. The molecule has 0 amide bonds. The fourth-order valence-electron chi connectivity index (χ4n) is 4.29. The third-order valence-electron chi connectivity index (χ3n) is 9.56. The molecule has 49 heavy (non-hydrogen) atoms. The van der Waals surface area contributed by atoms with Gasteiger partial charge < -0.3 is 38.6 Å². The molecular formula is C29H44F10O10. The monoisotopic (exact) mass is 742 g/mol. The van der Waals surface area contributed by atoms with Crippen molar-refractivity contribution < 1.29 is 92.1 Å². The minimum absolute atomic E-state index is 0.329. The number of esters is 2. The van der Waals surface area contributed by atoms with E-state index < -0.39 is 102 Å². The van der Waals surface area contributed by atoms with Crippen LogP contribution in [0.3, 0.4) is 0 Å². The largest absolute Gasteiger partial charge is 0.464 e. The maximum atomic E-state index is 14.8. The molecule has 0 spiro atoms. The van der Waals surface area contributed by atoms with Crippen molar-refractivity contribution in [2.24, 2.45) is 16.2 Å². The molecule has 5 unspecified atom stereocenters. The molecule has 2 aliphatic heterocycles. The van der Waals surface area contributed by atoms with Crippen LogP contribution in [0.1, 0.15) is 75.2 Å².